The Morgan fingerprint density at radius 3 is 1.75 bits per heavy atom. The highest BCUT2D eigenvalue weighted by atomic mass is 16.9. The highest BCUT2D eigenvalue weighted by molar-refractivity contribution is 4.73. The molecule has 3 N–H and O–H groups in total. The van der Waals surface area contributed by atoms with Crippen LogP contribution in [-0.2, 0) is 14.2 Å². The molecule has 24 heavy (non-hydrogen) atoms. The second-order valence-corrected chi connectivity index (χ2v) is 6.25. The van der Waals surface area contributed by atoms with Crippen molar-refractivity contribution < 1.29 is 14.2 Å². The summed E-state index contributed by atoms with van der Waals surface area (Å²) in [4.78, 5) is 0. The van der Waals surface area contributed by atoms with Crippen LogP contribution in [0.25, 0.3) is 0 Å². The van der Waals surface area contributed by atoms with E-state index in [0.29, 0.717) is 19.8 Å². The van der Waals surface area contributed by atoms with E-state index in [1.54, 1.807) is 0 Å². The summed E-state index contributed by atoms with van der Waals surface area (Å²) in [5.41, 5.74) is 2.74. The van der Waals surface area contributed by atoms with Crippen molar-refractivity contribution in [3.05, 3.63) is 0 Å². The monoisotopic (exact) mass is 346 g/mol. The largest absolute Gasteiger partial charge is 0.328 e. The Labute approximate surface area is 150 Å². The van der Waals surface area contributed by atoms with Crippen LogP contribution in [-0.4, -0.2) is 32.3 Å². The SMILES string of the molecule is CCCCCCCCC(CCCNN)C(OCC)(OCC)OCC. The fourth-order valence-electron chi connectivity index (χ4n) is 3.20. The zero-order valence-electron chi connectivity index (χ0n) is 16.6. The lowest BCUT2D eigenvalue weighted by Gasteiger charge is -2.39. The minimum atomic E-state index is -0.906. The van der Waals surface area contributed by atoms with E-state index < -0.39 is 5.97 Å². The zero-order chi connectivity index (χ0) is 18.1. The fraction of sp³-hybridized carbons (Fsp3) is 1.00. The fourth-order valence-corrected chi connectivity index (χ4v) is 3.20. The van der Waals surface area contributed by atoms with Gasteiger partial charge in [0.05, 0.1) is 0 Å². The van der Waals surface area contributed by atoms with E-state index in [-0.39, 0.29) is 5.92 Å². The molecule has 0 aliphatic heterocycles. The topological polar surface area (TPSA) is 65.7 Å². The summed E-state index contributed by atoms with van der Waals surface area (Å²) in [6, 6.07) is 0. The van der Waals surface area contributed by atoms with E-state index >= 15 is 0 Å². The van der Waals surface area contributed by atoms with Gasteiger partial charge >= 0.3 is 0 Å². The van der Waals surface area contributed by atoms with Crippen LogP contribution < -0.4 is 11.3 Å². The third-order valence-corrected chi connectivity index (χ3v) is 4.32. The Bertz CT molecular complexity index is 248. The summed E-state index contributed by atoms with van der Waals surface area (Å²) in [7, 11) is 0. The molecule has 0 saturated heterocycles. The molecule has 0 rings (SSSR count). The molecule has 0 spiro atoms. The van der Waals surface area contributed by atoms with Gasteiger partial charge in [-0.2, -0.15) is 0 Å². The smallest absolute Gasteiger partial charge is 0.285 e. The van der Waals surface area contributed by atoms with Crippen LogP contribution in [0.2, 0.25) is 0 Å². The van der Waals surface area contributed by atoms with E-state index in [0.717, 1.165) is 25.8 Å². The number of hydrogen-bond donors (Lipinski definition) is 2. The molecule has 5 heteroatoms. The molecule has 1 atom stereocenters. The average Bonchev–Trinajstić information content (AvgIpc) is 2.57. The van der Waals surface area contributed by atoms with E-state index in [1.165, 1.54) is 38.5 Å². The molecule has 0 aliphatic rings. The first-order valence-electron chi connectivity index (χ1n) is 10.1. The van der Waals surface area contributed by atoms with Crippen molar-refractivity contribution in [3.63, 3.8) is 0 Å². The minimum absolute atomic E-state index is 0.233. The molecular weight excluding hydrogens is 304 g/mol. The van der Waals surface area contributed by atoms with Crippen molar-refractivity contribution in [2.24, 2.45) is 11.8 Å². The number of hydrogen-bond acceptors (Lipinski definition) is 5. The van der Waals surface area contributed by atoms with Crippen molar-refractivity contribution in [1.29, 1.82) is 0 Å². The molecule has 0 saturated carbocycles. The second kappa shape index (κ2) is 16.3. The number of rotatable bonds is 18. The molecular formula is C19H42N2O3. The van der Waals surface area contributed by atoms with Crippen LogP contribution >= 0.6 is 0 Å². The van der Waals surface area contributed by atoms with E-state index in [4.69, 9.17) is 20.1 Å². The van der Waals surface area contributed by atoms with Crippen molar-refractivity contribution in [2.75, 3.05) is 26.4 Å². The molecule has 0 bridgehead atoms. The Morgan fingerprint density at radius 2 is 1.25 bits per heavy atom. The van der Waals surface area contributed by atoms with Gasteiger partial charge in [-0.15, -0.1) is 0 Å². The highest BCUT2D eigenvalue weighted by Crippen LogP contribution is 2.33. The van der Waals surface area contributed by atoms with E-state index in [9.17, 15) is 0 Å². The van der Waals surface area contributed by atoms with Gasteiger partial charge in [-0.1, -0.05) is 45.4 Å². The highest BCUT2D eigenvalue weighted by Gasteiger charge is 2.41. The standard InChI is InChI=1S/C19H42N2O3/c1-5-9-10-11-12-13-15-18(16-14-17-21-20)19(22-6-2,23-7-3)24-8-4/h18,21H,5-17,20H2,1-4H3. The summed E-state index contributed by atoms with van der Waals surface area (Å²) in [5.74, 6) is 4.75. The van der Waals surface area contributed by atoms with Gasteiger partial charge in [0.15, 0.2) is 0 Å². The summed E-state index contributed by atoms with van der Waals surface area (Å²) in [6.07, 6.45) is 10.8. The summed E-state index contributed by atoms with van der Waals surface area (Å²) >= 11 is 0. The van der Waals surface area contributed by atoms with Crippen molar-refractivity contribution in [3.8, 4) is 0 Å². The number of hydrazine groups is 1. The van der Waals surface area contributed by atoms with Gasteiger partial charge < -0.3 is 14.2 Å². The maximum Gasteiger partial charge on any atom is 0.285 e. The first-order valence-corrected chi connectivity index (χ1v) is 10.1. The lowest BCUT2D eigenvalue weighted by molar-refractivity contribution is -0.403. The quantitative estimate of drug-likeness (QED) is 0.167. The molecule has 0 fully saturated rings. The number of nitrogens with one attached hydrogen (secondary N) is 1. The Kier molecular flexibility index (Phi) is 16.1. The first kappa shape index (κ1) is 23.8. The molecule has 0 amide bonds. The second-order valence-electron chi connectivity index (χ2n) is 6.25. The van der Waals surface area contributed by atoms with Gasteiger partial charge in [-0.3, -0.25) is 11.3 Å². The Hall–Kier alpha value is -0.200. The lowest BCUT2D eigenvalue weighted by atomic mass is 9.92. The lowest BCUT2D eigenvalue weighted by Crippen LogP contribution is -2.47. The predicted octanol–water partition coefficient (Wildman–Crippen LogP) is 4.36. The van der Waals surface area contributed by atoms with Crippen LogP contribution in [0.15, 0.2) is 0 Å². The van der Waals surface area contributed by atoms with Gasteiger partial charge in [-0.25, -0.2) is 0 Å². The summed E-state index contributed by atoms with van der Waals surface area (Å²) < 4.78 is 18.0. The van der Waals surface area contributed by atoms with Gasteiger partial charge in [-0.05, 0) is 40.0 Å². The number of nitrogens with two attached hydrogens (primary N) is 1. The molecule has 146 valence electrons. The molecule has 0 heterocycles. The maximum atomic E-state index is 6.00. The van der Waals surface area contributed by atoms with Gasteiger partial charge in [0.2, 0.25) is 0 Å². The number of unbranched alkanes of at least 4 members (excludes halogenated alkanes) is 5. The van der Waals surface area contributed by atoms with Gasteiger partial charge in [0.25, 0.3) is 5.97 Å². The van der Waals surface area contributed by atoms with Crippen LogP contribution in [0.4, 0.5) is 0 Å². The third-order valence-electron chi connectivity index (χ3n) is 4.32. The average molecular weight is 347 g/mol. The van der Waals surface area contributed by atoms with Crippen LogP contribution in [0, 0.1) is 5.92 Å². The number of ether oxygens (including phenoxy) is 3. The zero-order valence-corrected chi connectivity index (χ0v) is 16.6. The summed E-state index contributed by atoms with van der Waals surface area (Å²) in [5, 5.41) is 0. The van der Waals surface area contributed by atoms with Crippen LogP contribution in [0.3, 0.4) is 0 Å². The molecule has 0 radical (unpaired) electrons. The van der Waals surface area contributed by atoms with Gasteiger partial charge in [0, 0.05) is 32.3 Å². The molecule has 0 aliphatic carbocycles. The van der Waals surface area contributed by atoms with Gasteiger partial charge in [0.1, 0.15) is 0 Å². The molecule has 0 aromatic carbocycles. The first-order chi connectivity index (χ1) is 11.7. The van der Waals surface area contributed by atoms with E-state index in [1.807, 2.05) is 20.8 Å². The predicted molar refractivity (Wildman–Crippen MR) is 101 cm³/mol. The minimum Gasteiger partial charge on any atom is -0.328 e. The Balaban J connectivity index is 4.74. The third kappa shape index (κ3) is 9.94. The molecule has 0 aromatic rings. The summed E-state index contributed by atoms with van der Waals surface area (Å²) in [6.45, 7) is 10.8. The molecule has 5 nitrogen and oxygen atoms in total. The molecule has 1 unspecified atom stereocenters. The van der Waals surface area contributed by atoms with E-state index in [2.05, 4.69) is 12.3 Å². The maximum absolute atomic E-state index is 6.00. The van der Waals surface area contributed by atoms with Crippen molar-refractivity contribution >= 4 is 0 Å². The Morgan fingerprint density at radius 1 is 0.750 bits per heavy atom. The molecule has 0 aromatic heterocycles. The van der Waals surface area contributed by atoms with Crippen LogP contribution in [0.1, 0.15) is 85.5 Å². The normalized spacial score (nSPS) is 13.4. The van der Waals surface area contributed by atoms with Crippen molar-refractivity contribution in [1.82, 2.24) is 5.43 Å². The van der Waals surface area contributed by atoms with Crippen molar-refractivity contribution in [2.45, 2.75) is 91.5 Å². The van der Waals surface area contributed by atoms with Crippen LogP contribution in [0.5, 0.6) is 0 Å².